The largest absolute Gasteiger partial charge is 0.419 e. The predicted molar refractivity (Wildman–Crippen MR) is 74.5 cm³/mol. The van der Waals surface area contributed by atoms with E-state index in [0.29, 0.717) is 16.8 Å². The van der Waals surface area contributed by atoms with Gasteiger partial charge in [0.25, 0.3) is 0 Å². The van der Waals surface area contributed by atoms with Crippen LogP contribution in [0, 0.1) is 5.92 Å². The van der Waals surface area contributed by atoms with Crippen LogP contribution < -0.4 is 5.32 Å². The number of rotatable bonds is 5. The Morgan fingerprint density at radius 2 is 2.05 bits per heavy atom. The first-order chi connectivity index (χ1) is 8.75. The van der Waals surface area contributed by atoms with Crippen molar-refractivity contribution in [3.8, 4) is 0 Å². The van der Waals surface area contributed by atoms with E-state index >= 15 is 0 Å². The zero-order valence-corrected chi connectivity index (χ0v) is 12.9. The number of anilines is 1. The molecule has 108 valence electrons. The minimum absolute atomic E-state index is 0.146. The highest BCUT2D eigenvalue weighted by molar-refractivity contribution is 9.10. The lowest BCUT2D eigenvalue weighted by atomic mass is 10.0. The van der Waals surface area contributed by atoms with Gasteiger partial charge < -0.3 is 5.32 Å². The van der Waals surface area contributed by atoms with Crippen LogP contribution >= 0.6 is 27.5 Å². The number of alkyl halides is 4. The van der Waals surface area contributed by atoms with Crippen molar-refractivity contribution in [2.75, 3.05) is 11.2 Å². The molecular formula is C12H15BrClF3N2. The third kappa shape index (κ3) is 4.84. The molecule has 0 aliphatic carbocycles. The molecule has 1 heterocycles. The molecule has 0 radical (unpaired) electrons. The van der Waals surface area contributed by atoms with E-state index in [0.717, 1.165) is 6.07 Å². The number of pyridine rings is 1. The third-order valence-corrected chi connectivity index (χ3v) is 3.36. The van der Waals surface area contributed by atoms with E-state index in [4.69, 9.17) is 11.6 Å². The molecule has 1 aromatic rings. The van der Waals surface area contributed by atoms with Crippen molar-refractivity contribution in [1.29, 1.82) is 0 Å². The first-order valence-electron chi connectivity index (χ1n) is 5.81. The van der Waals surface area contributed by atoms with Gasteiger partial charge in [0.15, 0.2) is 0 Å². The number of halogens is 5. The molecule has 0 amide bonds. The zero-order valence-electron chi connectivity index (χ0n) is 10.6. The van der Waals surface area contributed by atoms with Gasteiger partial charge in [-0.15, -0.1) is 11.6 Å². The van der Waals surface area contributed by atoms with Crippen LogP contribution in [0.1, 0.15) is 25.8 Å². The van der Waals surface area contributed by atoms with Crippen LogP contribution in [0.2, 0.25) is 0 Å². The lowest BCUT2D eigenvalue weighted by molar-refractivity contribution is -0.137. The summed E-state index contributed by atoms with van der Waals surface area (Å²) in [5, 5.41) is 2.85. The lowest BCUT2D eigenvalue weighted by Gasteiger charge is -2.24. The van der Waals surface area contributed by atoms with E-state index in [-0.39, 0.29) is 17.8 Å². The quantitative estimate of drug-likeness (QED) is 0.754. The van der Waals surface area contributed by atoms with Crippen LogP contribution in [0.25, 0.3) is 0 Å². The summed E-state index contributed by atoms with van der Waals surface area (Å²) in [4.78, 5) is 3.83. The molecule has 0 aromatic carbocycles. The Labute approximate surface area is 123 Å². The Hall–Kier alpha value is -0.490. The number of nitrogens with one attached hydrogen (secondary N) is 1. The fourth-order valence-corrected chi connectivity index (χ4v) is 2.20. The average molecular weight is 360 g/mol. The van der Waals surface area contributed by atoms with Crippen molar-refractivity contribution in [3.63, 3.8) is 0 Å². The van der Waals surface area contributed by atoms with Gasteiger partial charge in [0.2, 0.25) is 0 Å². The molecule has 19 heavy (non-hydrogen) atoms. The van der Waals surface area contributed by atoms with Crippen molar-refractivity contribution in [1.82, 2.24) is 4.98 Å². The second kappa shape index (κ2) is 6.79. The fourth-order valence-electron chi connectivity index (χ4n) is 1.64. The van der Waals surface area contributed by atoms with Gasteiger partial charge in [-0.2, -0.15) is 13.2 Å². The van der Waals surface area contributed by atoms with Crippen LogP contribution in [0.15, 0.2) is 16.7 Å². The van der Waals surface area contributed by atoms with Gasteiger partial charge in [-0.25, -0.2) is 4.98 Å². The molecule has 7 heteroatoms. The molecule has 0 fully saturated rings. The van der Waals surface area contributed by atoms with Crippen LogP contribution in [0.5, 0.6) is 0 Å². The Kier molecular flexibility index (Phi) is 5.92. The molecule has 1 atom stereocenters. The summed E-state index contributed by atoms with van der Waals surface area (Å²) in [6.45, 7) is 3.85. The second-order valence-electron chi connectivity index (χ2n) is 4.52. The van der Waals surface area contributed by atoms with Gasteiger partial charge in [0, 0.05) is 22.6 Å². The molecule has 0 aliphatic heterocycles. The van der Waals surface area contributed by atoms with Gasteiger partial charge in [-0.1, -0.05) is 13.8 Å². The highest BCUT2D eigenvalue weighted by Gasteiger charge is 2.35. The summed E-state index contributed by atoms with van der Waals surface area (Å²) >= 11 is 8.67. The van der Waals surface area contributed by atoms with Gasteiger partial charge in [-0.05, 0) is 34.3 Å². The molecule has 0 saturated carbocycles. The van der Waals surface area contributed by atoms with Gasteiger partial charge in [0.05, 0.1) is 5.56 Å². The standard InChI is InChI=1S/C12H15BrClF3N2/c1-7(2)10(3-4-14)19-11-9(12(15,16)17)5-8(13)6-18-11/h5-7,10H,3-4H2,1-2H3,(H,18,19). The minimum atomic E-state index is -4.44. The number of hydrogen-bond donors (Lipinski definition) is 1. The summed E-state index contributed by atoms with van der Waals surface area (Å²) in [6.07, 6.45) is -2.52. The van der Waals surface area contributed by atoms with Crippen molar-refractivity contribution in [2.45, 2.75) is 32.5 Å². The van der Waals surface area contributed by atoms with E-state index in [9.17, 15) is 13.2 Å². The molecule has 0 bridgehead atoms. The van der Waals surface area contributed by atoms with E-state index < -0.39 is 11.7 Å². The van der Waals surface area contributed by atoms with E-state index in [2.05, 4.69) is 26.2 Å². The summed E-state index contributed by atoms with van der Waals surface area (Å²) in [6, 6.07) is 0.875. The maximum atomic E-state index is 12.9. The Bertz CT molecular complexity index is 424. The number of nitrogens with zero attached hydrogens (tertiary/aromatic N) is 1. The summed E-state index contributed by atoms with van der Waals surface area (Å²) in [5.74, 6) is 0.387. The SMILES string of the molecule is CC(C)C(CCCl)Nc1ncc(Br)cc1C(F)(F)F. The maximum Gasteiger partial charge on any atom is 0.419 e. The van der Waals surface area contributed by atoms with Gasteiger partial charge in [-0.3, -0.25) is 0 Å². The van der Waals surface area contributed by atoms with E-state index in [1.54, 1.807) is 0 Å². The Morgan fingerprint density at radius 1 is 1.42 bits per heavy atom. The molecule has 0 saturated heterocycles. The van der Waals surface area contributed by atoms with Crippen molar-refractivity contribution >= 4 is 33.3 Å². The number of aromatic nitrogens is 1. The van der Waals surface area contributed by atoms with Crippen LogP contribution in [0.4, 0.5) is 19.0 Å². The monoisotopic (exact) mass is 358 g/mol. The molecule has 1 rings (SSSR count). The molecule has 1 N–H and O–H groups in total. The first kappa shape index (κ1) is 16.6. The second-order valence-corrected chi connectivity index (χ2v) is 5.81. The Balaban J connectivity index is 3.06. The normalized spacial score (nSPS) is 13.7. The summed E-state index contributed by atoms with van der Waals surface area (Å²) in [7, 11) is 0. The van der Waals surface area contributed by atoms with Gasteiger partial charge >= 0.3 is 6.18 Å². The average Bonchev–Trinajstić information content (AvgIpc) is 2.29. The van der Waals surface area contributed by atoms with Crippen molar-refractivity contribution < 1.29 is 13.2 Å². The minimum Gasteiger partial charge on any atom is -0.367 e. The zero-order chi connectivity index (χ0) is 14.6. The first-order valence-corrected chi connectivity index (χ1v) is 7.13. The highest BCUT2D eigenvalue weighted by Crippen LogP contribution is 2.35. The van der Waals surface area contributed by atoms with Crippen molar-refractivity contribution in [2.24, 2.45) is 5.92 Å². The van der Waals surface area contributed by atoms with Crippen LogP contribution in [-0.4, -0.2) is 16.9 Å². The summed E-state index contributed by atoms with van der Waals surface area (Å²) < 4.78 is 39.1. The third-order valence-electron chi connectivity index (χ3n) is 2.71. The smallest absolute Gasteiger partial charge is 0.367 e. The predicted octanol–water partition coefficient (Wildman–Crippen LogP) is 4.93. The molecular weight excluding hydrogens is 344 g/mol. The van der Waals surface area contributed by atoms with E-state index in [1.165, 1.54) is 6.20 Å². The van der Waals surface area contributed by atoms with Crippen LogP contribution in [-0.2, 0) is 6.18 Å². The lowest BCUT2D eigenvalue weighted by Crippen LogP contribution is -2.28. The van der Waals surface area contributed by atoms with Gasteiger partial charge in [0.1, 0.15) is 5.82 Å². The van der Waals surface area contributed by atoms with E-state index in [1.807, 2.05) is 13.8 Å². The van der Waals surface area contributed by atoms with Crippen molar-refractivity contribution in [3.05, 3.63) is 22.3 Å². The Morgan fingerprint density at radius 3 is 2.53 bits per heavy atom. The molecule has 0 spiro atoms. The molecule has 1 unspecified atom stereocenters. The fraction of sp³-hybridized carbons (Fsp3) is 0.583. The molecule has 0 aliphatic rings. The maximum absolute atomic E-state index is 12.9. The molecule has 2 nitrogen and oxygen atoms in total. The topological polar surface area (TPSA) is 24.9 Å². The highest BCUT2D eigenvalue weighted by atomic mass is 79.9. The number of hydrogen-bond acceptors (Lipinski definition) is 2. The summed E-state index contributed by atoms with van der Waals surface area (Å²) in [5.41, 5.74) is -0.776. The van der Waals surface area contributed by atoms with Crippen LogP contribution in [0.3, 0.4) is 0 Å². The molecule has 1 aromatic heterocycles.